The predicted molar refractivity (Wildman–Crippen MR) is 74.9 cm³/mol. The summed E-state index contributed by atoms with van der Waals surface area (Å²) in [6, 6.07) is 0. The molecule has 18 heavy (non-hydrogen) atoms. The van der Waals surface area contributed by atoms with Crippen molar-refractivity contribution in [2.45, 2.75) is 52.9 Å². The zero-order chi connectivity index (χ0) is 13.8. The molecule has 1 atom stereocenters. The first-order chi connectivity index (χ1) is 8.48. The van der Waals surface area contributed by atoms with Gasteiger partial charge in [-0.25, -0.2) is 0 Å². The van der Waals surface area contributed by atoms with Gasteiger partial charge in [-0.1, -0.05) is 40.0 Å². The molecule has 1 rings (SSSR count). The Bertz CT molecular complexity index is 335. The van der Waals surface area contributed by atoms with Crippen molar-refractivity contribution >= 4 is 29.1 Å². The first kappa shape index (κ1) is 15.1. The van der Waals surface area contributed by atoms with Crippen molar-refractivity contribution in [2.75, 3.05) is 0 Å². The van der Waals surface area contributed by atoms with Crippen molar-refractivity contribution in [3.8, 4) is 0 Å². The first-order valence-electron chi connectivity index (χ1n) is 6.65. The van der Waals surface area contributed by atoms with Gasteiger partial charge >= 0.3 is 0 Å². The molecule has 0 aromatic carbocycles. The van der Waals surface area contributed by atoms with Crippen molar-refractivity contribution in [1.82, 2.24) is 10.6 Å². The van der Waals surface area contributed by atoms with Gasteiger partial charge in [0.1, 0.15) is 5.41 Å². The first-order valence-corrected chi connectivity index (χ1v) is 7.06. The molecule has 0 unspecified atom stereocenters. The molecular formula is C13H22N2O2S. The van der Waals surface area contributed by atoms with Gasteiger partial charge < -0.3 is 10.6 Å². The number of hydrogen-bond acceptors (Lipinski definition) is 3. The van der Waals surface area contributed by atoms with E-state index in [1.165, 1.54) is 0 Å². The van der Waals surface area contributed by atoms with Gasteiger partial charge in [-0.3, -0.25) is 9.59 Å². The maximum absolute atomic E-state index is 12.3. The Morgan fingerprint density at radius 3 is 2.17 bits per heavy atom. The molecule has 1 saturated heterocycles. The quantitative estimate of drug-likeness (QED) is 0.574. The lowest BCUT2D eigenvalue weighted by atomic mass is 9.68. The van der Waals surface area contributed by atoms with Crippen molar-refractivity contribution in [1.29, 1.82) is 0 Å². The Labute approximate surface area is 114 Å². The van der Waals surface area contributed by atoms with Gasteiger partial charge in [-0.2, -0.15) is 0 Å². The number of carbonyl (C=O) groups excluding carboxylic acids is 2. The lowest BCUT2D eigenvalue weighted by molar-refractivity contribution is -0.148. The molecule has 0 aromatic rings. The number of thiocarbonyl (C=S) groups is 1. The molecular weight excluding hydrogens is 248 g/mol. The molecule has 0 radical (unpaired) electrons. The van der Waals surface area contributed by atoms with E-state index in [0.717, 1.165) is 25.7 Å². The van der Waals surface area contributed by atoms with Crippen LogP contribution in [-0.4, -0.2) is 16.9 Å². The van der Waals surface area contributed by atoms with Gasteiger partial charge in [0.2, 0.25) is 11.8 Å². The van der Waals surface area contributed by atoms with Crippen LogP contribution in [0, 0.1) is 11.3 Å². The normalized spacial score (nSPS) is 20.3. The minimum Gasteiger partial charge on any atom is -0.302 e. The van der Waals surface area contributed by atoms with E-state index in [1.807, 2.05) is 6.92 Å². The smallest absolute Gasteiger partial charge is 0.242 e. The van der Waals surface area contributed by atoms with Crippen LogP contribution in [0.5, 0.6) is 0 Å². The molecule has 5 heteroatoms. The summed E-state index contributed by atoms with van der Waals surface area (Å²) in [5.41, 5.74) is -0.950. The van der Waals surface area contributed by atoms with Crippen molar-refractivity contribution in [3.05, 3.63) is 0 Å². The standard InChI is InChI=1S/C13H22N2O2S/c1-4-6-8-13(9(3)7-5-2)10(16)14-12(18)15-11(13)17/h9H,4-8H2,1-3H3,(H2,14,15,16,17,18)/t9-/m1/s1. The van der Waals surface area contributed by atoms with Gasteiger partial charge in [-0.05, 0) is 31.0 Å². The summed E-state index contributed by atoms with van der Waals surface area (Å²) in [4.78, 5) is 24.6. The summed E-state index contributed by atoms with van der Waals surface area (Å²) in [6.45, 7) is 6.10. The van der Waals surface area contributed by atoms with Gasteiger partial charge in [-0.15, -0.1) is 0 Å². The fourth-order valence-electron chi connectivity index (χ4n) is 2.62. The van der Waals surface area contributed by atoms with E-state index in [2.05, 4.69) is 24.5 Å². The molecule has 4 nitrogen and oxygen atoms in total. The Balaban J connectivity index is 3.04. The van der Waals surface area contributed by atoms with Crippen molar-refractivity contribution in [2.24, 2.45) is 11.3 Å². The van der Waals surface area contributed by atoms with E-state index < -0.39 is 5.41 Å². The highest BCUT2D eigenvalue weighted by Crippen LogP contribution is 2.38. The van der Waals surface area contributed by atoms with Crippen LogP contribution in [0.15, 0.2) is 0 Å². The number of rotatable bonds is 6. The summed E-state index contributed by atoms with van der Waals surface area (Å²) >= 11 is 4.86. The van der Waals surface area contributed by atoms with E-state index >= 15 is 0 Å². The van der Waals surface area contributed by atoms with Crippen molar-refractivity contribution < 1.29 is 9.59 Å². The third-order valence-corrected chi connectivity index (χ3v) is 3.96. The zero-order valence-corrected chi connectivity index (χ0v) is 12.2. The van der Waals surface area contributed by atoms with Crippen LogP contribution in [-0.2, 0) is 9.59 Å². The molecule has 102 valence electrons. The lowest BCUT2D eigenvalue weighted by Crippen LogP contribution is -2.64. The largest absolute Gasteiger partial charge is 0.302 e. The second-order valence-electron chi connectivity index (χ2n) is 5.00. The molecule has 0 aromatic heterocycles. The van der Waals surface area contributed by atoms with E-state index in [0.29, 0.717) is 6.42 Å². The minimum atomic E-state index is -0.950. The highest BCUT2D eigenvalue weighted by atomic mass is 32.1. The second kappa shape index (κ2) is 6.27. The SMILES string of the molecule is CCCCC1([C@H](C)CCC)C(=O)NC(=S)NC1=O. The van der Waals surface area contributed by atoms with Crippen LogP contribution in [0.3, 0.4) is 0 Å². The highest BCUT2D eigenvalue weighted by molar-refractivity contribution is 7.80. The number of hydrogen-bond donors (Lipinski definition) is 2. The molecule has 0 aliphatic carbocycles. The third-order valence-electron chi connectivity index (χ3n) is 3.75. The molecule has 2 amide bonds. The molecule has 0 spiro atoms. The fraction of sp³-hybridized carbons (Fsp3) is 0.769. The van der Waals surface area contributed by atoms with Crippen LogP contribution in [0.4, 0.5) is 0 Å². The fourth-order valence-corrected chi connectivity index (χ4v) is 2.81. The average Bonchev–Trinajstić information content (AvgIpc) is 2.28. The Morgan fingerprint density at radius 1 is 1.17 bits per heavy atom. The Hall–Kier alpha value is -0.970. The van der Waals surface area contributed by atoms with Gasteiger partial charge in [0.15, 0.2) is 5.11 Å². The maximum atomic E-state index is 12.3. The van der Waals surface area contributed by atoms with Gasteiger partial charge in [0, 0.05) is 0 Å². The number of unbranched alkanes of at least 4 members (excludes halogenated alkanes) is 1. The minimum absolute atomic E-state index is 0.0251. The Morgan fingerprint density at radius 2 is 1.72 bits per heavy atom. The highest BCUT2D eigenvalue weighted by Gasteiger charge is 2.52. The molecule has 0 saturated carbocycles. The summed E-state index contributed by atoms with van der Waals surface area (Å²) in [7, 11) is 0. The van der Waals surface area contributed by atoms with Crippen LogP contribution >= 0.6 is 12.2 Å². The van der Waals surface area contributed by atoms with Crippen LogP contribution < -0.4 is 10.6 Å². The van der Waals surface area contributed by atoms with Gasteiger partial charge in [0.05, 0.1) is 0 Å². The topological polar surface area (TPSA) is 58.2 Å². The van der Waals surface area contributed by atoms with E-state index in [9.17, 15) is 9.59 Å². The van der Waals surface area contributed by atoms with Crippen LogP contribution in [0.2, 0.25) is 0 Å². The predicted octanol–water partition coefficient (Wildman–Crippen LogP) is 2.13. The number of amides is 2. The number of nitrogens with one attached hydrogen (secondary N) is 2. The third kappa shape index (κ3) is 2.71. The molecule has 1 fully saturated rings. The molecule has 1 aliphatic heterocycles. The van der Waals surface area contributed by atoms with Gasteiger partial charge in [0.25, 0.3) is 0 Å². The molecule has 0 bridgehead atoms. The molecule has 1 aliphatic rings. The molecule has 1 heterocycles. The summed E-state index contributed by atoms with van der Waals surface area (Å²) < 4.78 is 0. The summed E-state index contributed by atoms with van der Waals surface area (Å²) in [5, 5.41) is 5.34. The van der Waals surface area contributed by atoms with E-state index in [-0.39, 0.29) is 22.8 Å². The van der Waals surface area contributed by atoms with E-state index in [4.69, 9.17) is 12.2 Å². The average molecular weight is 270 g/mol. The Kier molecular flexibility index (Phi) is 5.26. The second-order valence-corrected chi connectivity index (χ2v) is 5.41. The van der Waals surface area contributed by atoms with Crippen LogP contribution in [0.1, 0.15) is 52.9 Å². The van der Waals surface area contributed by atoms with Crippen LogP contribution in [0.25, 0.3) is 0 Å². The summed E-state index contributed by atoms with van der Waals surface area (Å²) in [6.07, 6.45) is 4.23. The lowest BCUT2D eigenvalue weighted by Gasteiger charge is -2.39. The van der Waals surface area contributed by atoms with E-state index in [1.54, 1.807) is 0 Å². The zero-order valence-electron chi connectivity index (χ0n) is 11.3. The maximum Gasteiger partial charge on any atom is 0.242 e. The monoisotopic (exact) mass is 270 g/mol. The molecule has 2 N–H and O–H groups in total. The summed E-state index contributed by atoms with van der Waals surface area (Å²) in [5.74, 6) is -0.437. The number of carbonyl (C=O) groups is 2. The van der Waals surface area contributed by atoms with Crippen molar-refractivity contribution in [3.63, 3.8) is 0 Å².